The second-order valence-corrected chi connectivity index (χ2v) is 7.93. The molecule has 1 unspecified atom stereocenters. The van der Waals surface area contributed by atoms with Crippen LogP contribution in [0.4, 0.5) is 4.79 Å². The molecule has 0 aliphatic rings. The summed E-state index contributed by atoms with van der Waals surface area (Å²) in [5, 5.41) is 0. The van der Waals surface area contributed by atoms with Gasteiger partial charge in [0.2, 0.25) is 0 Å². The van der Waals surface area contributed by atoms with Gasteiger partial charge in [-0.2, -0.15) is 0 Å². The molecule has 160 valence electrons. The summed E-state index contributed by atoms with van der Waals surface area (Å²) in [5.74, 6) is 0.143. The van der Waals surface area contributed by atoms with Gasteiger partial charge < -0.3 is 9.47 Å². The lowest BCUT2D eigenvalue weighted by Crippen LogP contribution is -2.44. The first kappa shape index (κ1) is 26.0. The maximum absolute atomic E-state index is 12.4. The number of amides is 1. The van der Waals surface area contributed by atoms with Crippen LogP contribution >= 0.6 is 11.6 Å². The van der Waals surface area contributed by atoms with Crippen molar-refractivity contribution in [3.05, 3.63) is 0 Å². The van der Waals surface area contributed by atoms with E-state index < -0.39 is 12.1 Å². The molecule has 5 nitrogen and oxygen atoms in total. The molecule has 6 heteroatoms. The fourth-order valence-electron chi connectivity index (χ4n) is 2.90. The van der Waals surface area contributed by atoms with Gasteiger partial charge in [0, 0.05) is 7.05 Å². The van der Waals surface area contributed by atoms with E-state index >= 15 is 0 Å². The molecule has 0 aromatic heterocycles. The number of nitrogens with zero attached hydrogens (tertiary/aromatic N) is 1. The van der Waals surface area contributed by atoms with Crippen LogP contribution in [0.3, 0.4) is 0 Å². The number of ether oxygens (including phenoxy) is 2. The number of halogens is 1. The summed E-state index contributed by atoms with van der Waals surface area (Å²) in [6.07, 6.45) is 11.0. The van der Waals surface area contributed by atoms with Gasteiger partial charge in [-0.05, 0) is 18.8 Å². The fourth-order valence-corrected chi connectivity index (χ4v) is 2.97. The minimum absolute atomic E-state index is 0.132. The van der Waals surface area contributed by atoms with Crippen LogP contribution in [0, 0.1) is 5.92 Å². The van der Waals surface area contributed by atoms with Gasteiger partial charge in [0.05, 0.1) is 12.5 Å². The molecule has 0 spiro atoms. The Morgan fingerprint density at radius 3 is 1.96 bits per heavy atom. The van der Waals surface area contributed by atoms with Crippen molar-refractivity contribution in [2.75, 3.05) is 26.1 Å². The number of carbonyl (C=O) groups excluding carboxylic acids is 2. The minimum atomic E-state index is -0.619. The van der Waals surface area contributed by atoms with Crippen molar-refractivity contribution in [1.29, 1.82) is 0 Å². The van der Waals surface area contributed by atoms with Gasteiger partial charge in [-0.1, -0.05) is 72.1 Å². The third kappa shape index (κ3) is 13.8. The topological polar surface area (TPSA) is 55.8 Å². The second-order valence-electron chi connectivity index (χ2n) is 7.56. The maximum Gasteiger partial charge on any atom is 0.410 e. The Morgan fingerprint density at radius 1 is 0.889 bits per heavy atom. The smallest absolute Gasteiger partial charge is 0.410 e. The predicted molar refractivity (Wildman–Crippen MR) is 111 cm³/mol. The first-order valence-corrected chi connectivity index (χ1v) is 11.1. The van der Waals surface area contributed by atoms with E-state index in [1.54, 1.807) is 7.05 Å². The van der Waals surface area contributed by atoms with E-state index in [-0.39, 0.29) is 24.4 Å². The summed E-state index contributed by atoms with van der Waals surface area (Å²) in [5.41, 5.74) is 0. The van der Waals surface area contributed by atoms with E-state index in [9.17, 15) is 9.59 Å². The normalized spacial score (nSPS) is 12.1. The molecule has 0 aliphatic heterocycles. The average molecular weight is 406 g/mol. The standard InChI is InChI=1S/C21H40ClNO4/c1-5-6-7-8-9-10-11-12-13-15-26-20(24)19(17-18(2)3)23(4)21(25)27-16-14-22/h18-19H,5-17H2,1-4H3. The molecule has 0 bridgehead atoms. The summed E-state index contributed by atoms with van der Waals surface area (Å²) in [4.78, 5) is 25.8. The predicted octanol–water partition coefficient (Wildman–Crippen LogP) is 5.78. The molecule has 0 saturated heterocycles. The molecule has 0 heterocycles. The van der Waals surface area contributed by atoms with Crippen molar-refractivity contribution in [2.24, 2.45) is 5.92 Å². The highest BCUT2D eigenvalue weighted by Gasteiger charge is 2.29. The summed E-state index contributed by atoms with van der Waals surface area (Å²) >= 11 is 5.54. The Hall–Kier alpha value is -0.970. The molecular weight excluding hydrogens is 366 g/mol. The molecule has 1 atom stereocenters. The van der Waals surface area contributed by atoms with E-state index in [0.29, 0.717) is 13.0 Å². The number of unbranched alkanes of at least 4 members (excludes halogenated alkanes) is 8. The third-order valence-corrected chi connectivity index (χ3v) is 4.67. The van der Waals surface area contributed by atoms with Gasteiger partial charge in [-0.15, -0.1) is 11.6 Å². The molecule has 0 aliphatic carbocycles. The molecule has 0 radical (unpaired) electrons. The van der Waals surface area contributed by atoms with Crippen molar-refractivity contribution >= 4 is 23.7 Å². The first-order valence-electron chi connectivity index (χ1n) is 10.6. The van der Waals surface area contributed by atoms with Crippen LogP contribution < -0.4 is 0 Å². The van der Waals surface area contributed by atoms with E-state index in [1.807, 2.05) is 13.8 Å². The number of hydrogen-bond donors (Lipinski definition) is 0. The van der Waals surface area contributed by atoms with Gasteiger partial charge in [-0.25, -0.2) is 9.59 Å². The lowest BCUT2D eigenvalue weighted by molar-refractivity contribution is -0.149. The number of alkyl halides is 1. The summed E-state index contributed by atoms with van der Waals surface area (Å²) in [6, 6.07) is -0.619. The zero-order valence-corrected chi connectivity index (χ0v) is 18.6. The van der Waals surface area contributed by atoms with Crippen LogP contribution in [0.25, 0.3) is 0 Å². The highest BCUT2D eigenvalue weighted by Crippen LogP contribution is 2.14. The second kappa shape index (κ2) is 17.2. The van der Waals surface area contributed by atoms with E-state index in [4.69, 9.17) is 21.1 Å². The third-order valence-electron chi connectivity index (χ3n) is 4.52. The molecule has 0 rings (SSSR count). The van der Waals surface area contributed by atoms with Gasteiger partial charge in [-0.3, -0.25) is 4.90 Å². The van der Waals surface area contributed by atoms with Gasteiger partial charge in [0.15, 0.2) is 0 Å². The Balaban J connectivity index is 4.10. The van der Waals surface area contributed by atoms with Crippen LogP contribution in [0.5, 0.6) is 0 Å². The number of rotatable bonds is 16. The lowest BCUT2D eigenvalue weighted by Gasteiger charge is -2.27. The zero-order chi connectivity index (χ0) is 20.5. The molecule has 0 fully saturated rings. The van der Waals surface area contributed by atoms with Crippen LogP contribution in [0.2, 0.25) is 0 Å². The van der Waals surface area contributed by atoms with E-state index in [0.717, 1.165) is 12.8 Å². The number of esters is 1. The maximum atomic E-state index is 12.4. The molecule has 0 saturated carbocycles. The Morgan fingerprint density at radius 2 is 1.44 bits per heavy atom. The Labute approximate surface area is 171 Å². The Bertz CT molecular complexity index is 390. The lowest BCUT2D eigenvalue weighted by atomic mass is 10.0. The van der Waals surface area contributed by atoms with Gasteiger partial charge in [0.25, 0.3) is 0 Å². The van der Waals surface area contributed by atoms with E-state index in [1.165, 1.54) is 49.8 Å². The van der Waals surface area contributed by atoms with Gasteiger partial charge >= 0.3 is 12.1 Å². The number of likely N-dealkylation sites (N-methyl/N-ethyl adjacent to an activating group) is 1. The highest BCUT2D eigenvalue weighted by atomic mass is 35.5. The quantitative estimate of drug-likeness (QED) is 0.185. The SMILES string of the molecule is CCCCCCCCCCCOC(=O)C(CC(C)C)N(C)C(=O)OCCCl. The number of carbonyl (C=O) groups is 2. The average Bonchev–Trinajstić information content (AvgIpc) is 2.64. The molecule has 0 aromatic carbocycles. The summed E-state index contributed by atoms with van der Waals surface area (Å²) in [6.45, 7) is 6.80. The zero-order valence-electron chi connectivity index (χ0n) is 17.8. The van der Waals surface area contributed by atoms with Crippen molar-refractivity contribution in [3.8, 4) is 0 Å². The molecule has 1 amide bonds. The van der Waals surface area contributed by atoms with Crippen LogP contribution in [-0.4, -0.2) is 49.1 Å². The van der Waals surface area contributed by atoms with Gasteiger partial charge in [0.1, 0.15) is 12.6 Å². The summed E-state index contributed by atoms with van der Waals surface area (Å²) < 4.78 is 10.4. The van der Waals surface area contributed by atoms with Crippen molar-refractivity contribution in [1.82, 2.24) is 4.90 Å². The number of hydrogen-bond acceptors (Lipinski definition) is 4. The highest BCUT2D eigenvalue weighted by molar-refractivity contribution is 6.18. The molecule has 0 aromatic rings. The summed E-state index contributed by atoms with van der Waals surface area (Å²) in [7, 11) is 1.57. The van der Waals surface area contributed by atoms with Crippen LogP contribution in [-0.2, 0) is 14.3 Å². The van der Waals surface area contributed by atoms with Crippen molar-refractivity contribution in [2.45, 2.75) is 91.0 Å². The molecule has 0 N–H and O–H groups in total. The van der Waals surface area contributed by atoms with Crippen molar-refractivity contribution in [3.63, 3.8) is 0 Å². The first-order chi connectivity index (χ1) is 12.9. The van der Waals surface area contributed by atoms with Crippen molar-refractivity contribution < 1.29 is 19.1 Å². The largest absolute Gasteiger partial charge is 0.464 e. The minimum Gasteiger partial charge on any atom is -0.464 e. The van der Waals surface area contributed by atoms with Crippen LogP contribution in [0.15, 0.2) is 0 Å². The molecular formula is C21H40ClNO4. The molecule has 27 heavy (non-hydrogen) atoms. The fraction of sp³-hybridized carbons (Fsp3) is 0.905. The van der Waals surface area contributed by atoms with E-state index in [2.05, 4.69) is 6.92 Å². The monoisotopic (exact) mass is 405 g/mol. The Kier molecular flexibility index (Phi) is 16.5. The van der Waals surface area contributed by atoms with Crippen LogP contribution in [0.1, 0.15) is 85.0 Å².